The highest BCUT2D eigenvalue weighted by Gasteiger charge is 2.26. The lowest BCUT2D eigenvalue weighted by molar-refractivity contribution is 0.0886. The van der Waals surface area contributed by atoms with Gasteiger partial charge in [0.15, 0.2) is 0 Å². The summed E-state index contributed by atoms with van der Waals surface area (Å²) < 4.78 is 0. The molecule has 6 nitrogen and oxygen atoms in total. The first kappa shape index (κ1) is 19.0. The number of amides is 2. The first-order chi connectivity index (χ1) is 12.5. The fourth-order valence-electron chi connectivity index (χ4n) is 3.33. The molecule has 1 unspecified atom stereocenters. The van der Waals surface area contributed by atoms with Gasteiger partial charge in [0.05, 0.1) is 22.4 Å². The molecular weight excluding hydrogens is 368 g/mol. The van der Waals surface area contributed by atoms with Gasteiger partial charge in [-0.25, -0.2) is 9.97 Å². The van der Waals surface area contributed by atoms with Crippen molar-refractivity contribution in [1.82, 2.24) is 20.6 Å². The van der Waals surface area contributed by atoms with E-state index in [9.17, 15) is 9.59 Å². The van der Waals surface area contributed by atoms with Crippen molar-refractivity contribution < 1.29 is 9.59 Å². The number of thiazole rings is 2. The average molecular weight is 393 g/mol. The molecule has 0 bridgehead atoms. The van der Waals surface area contributed by atoms with Gasteiger partial charge in [-0.15, -0.1) is 22.7 Å². The summed E-state index contributed by atoms with van der Waals surface area (Å²) >= 11 is 2.77. The summed E-state index contributed by atoms with van der Waals surface area (Å²) in [6.45, 7) is 4.20. The highest BCUT2D eigenvalue weighted by Crippen LogP contribution is 2.27. The van der Waals surface area contributed by atoms with E-state index in [4.69, 9.17) is 0 Å². The lowest BCUT2D eigenvalue weighted by atomic mass is 9.83. The number of aromatic nitrogens is 2. The number of nitrogens with zero attached hydrogens (tertiary/aromatic N) is 2. The second-order valence-electron chi connectivity index (χ2n) is 6.68. The number of hydrogen-bond donors (Lipinski definition) is 2. The number of hydrogen-bond acceptors (Lipinski definition) is 6. The van der Waals surface area contributed by atoms with Crippen LogP contribution in [0.4, 0.5) is 0 Å². The molecule has 0 saturated heterocycles. The van der Waals surface area contributed by atoms with Crippen LogP contribution < -0.4 is 10.6 Å². The van der Waals surface area contributed by atoms with Crippen molar-refractivity contribution in [3.63, 3.8) is 0 Å². The van der Waals surface area contributed by atoms with Crippen molar-refractivity contribution in [3.8, 4) is 0 Å². The van der Waals surface area contributed by atoms with E-state index in [-0.39, 0.29) is 17.9 Å². The molecule has 2 amide bonds. The molecule has 0 radical (unpaired) electrons. The second-order valence-corrected chi connectivity index (χ2v) is 9.14. The van der Waals surface area contributed by atoms with Crippen molar-refractivity contribution in [3.05, 3.63) is 32.2 Å². The highest BCUT2D eigenvalue weighted by molar-refractivity contribution is 7.13. The van der Waals surface area contributed by atoms with E-state index in [0.29, 0.717) is 22.2 Å². The van der Waals surface area contributed by atoms with Crippen molar-refractivity contribution in [2.24, 2.45) is 5.92 Å². The van der Waals surface area contributed by atoms with Gasteiger partial charge in [-0.3, -0.25) is 9.59 Å². The van der Waals surface area contributed by atoms with Gasteiger partial charge in [0.25, 0.3) is 11.8 Å². The quantitative estimate of drug-likeness (QED) is 0.790. The SMILES string of the molecule is Cc1ncc(C(=O)NCC(NC(=O)c2cnc(C)s2)C2CCCCC2)s1. The summed E-state index contributed by atoms with van der Waals surface area (Å²) in [5.41, 5.74) is 0. The highest BCUT2D eigenvalue weighted by atomic mass is 32.1. The van der Waals surface area contributed by atoms with E-state index in [1.807, 2.05) is 13.8 Å². The summed E-state index contributed by atoms with van der Waals surface area (Å²) in [5.74, 6) is 0.165. The van der Waals surface area contributed by atoms with E-state index >= 15 is 0 Å². The minimum Gasteiger partial charge on any atom is -0.349 e. The van der Waals surface area contributed by atoms with Crippen molar-refractivity contribution >= 4 is 34.5 Å². The Morgan fingerprint density at radius 2 is 1.62 bits per heavy atom. The summed E-state index contributed by atoms with van der Waals surface area (Å²) in [4.78, 5) is 34.4. The first-order valence-corrected chi connectivity index (χ1v) is 10.6. The third-order valence-corrected chi connectivity index (χ3v) is 6.53. The Morgan fingerprint density at radius 3 is 2.15 bits per heavy atom. The number of carbonyl (C=O) groups is 2. The molecule has 2 N–H and O–H groups in total. The van der Waals surface area contributed by atoms with Crippen LogP contribution in [-0.4, -0.2) is 34.4 Å². The molecule has 1 aliphatic carbocycles. The third kappa shape index (κ3) is 4.88. The molecular formula is C18H24N4O2S2. The zero-order chi connectivity index (χ0) is 18.5. The maximum Gasteiger partial charge on any atom is 0.263 e. The van der Waals surface area contributed by atoms with Gasteiger partial charge in [0.1, 0.15) is 9.75 Å². The largest absolute Gasteiger partial charge is 0.349 e. The first-order valence-electron chi connectivity index (χ1n) is 8.97. The molecule has 140 valence electrons. The average Bonchev–Trinajstić information content (AvgIpc) is 3.27. The van der Waals surface area contributed by atoms with E-state index in [1.54, 1.807) is 12.4 Å². The number of nitrogens with one attached hydrogen (secondary N) is 2. The lowest BCUT2D eigenvalue weighted by Gasteiger charge is -2.31. The summed E-state index contributed by atoms with van der Waals surface area (Å²) in [6, 6.07) is -0.0665. The normalized spacial score (nSPS) is 16.2. The summed E-state index contributed by atoms with van der Waals surface area (Å²) in [6.07, 6.45) is 9.00. The van der Waals surface area contributed by atoms with Crippen LogP contribution in [0.2, 0.25) is 0 Å². The fraction of sp³-hybridized carbons (Fsp3) is 0.556. The predicted octanol–water partition coefficient (Wildman–Crippen LogP) is 3.33. The van der Waals surface area contributed by atoms with Gasteiger partial charge < -0.3 is 10.6 Å². The standard InChI is InChI=1S/C18H24N4O2S2/c1-11-19-9-15(25-11)17(23)21-8-14(13-6-4-3-5-7-13)22-18(24)16-10-20-12(2)26-16/h9-10,13-14H,3-8H2,1-2H3,(H,21,23)(H,22,24). The van der Waals surface area contributed by atoms with Crippen LogP contribution in [0, 0.1) is 19.8 Å². The lowest BCUT2D eigenvalue weighted by Crippen LogP contribution is -2.48. The number of carbonyl (C=O) groups excluding carboxylic acids is 2. The molecule has 0 spiro atoms. The zero-order valence-corrected chi connectivity index (χ0v) is 16.7. The smallest absolute Gasteiger partial charge is 0.263 e. The Labute approximate surface area is 161 Å². The zero-order valence-electron chi connectivity index (χ0n) is 15.1. The van der Waals surface area contributed by atoms with Gasteiger partial charge >= 0.3 is 0 Å². The van der Waals surface area contributed by atoms with Crippen LogP contribution in [0.5, 0.6) is 0 Å². The Kier molecular flexibility index (Phi) is 6.37. The van der Waals surface area contributed by atoms with E-state index < -0.39 is 0 Å². The van der Waals surface area contributed by atoms with Gasteiger partial charge in [0, 0.05) is 12.6 Å². The Bertz CT molecular complexity index is 765. The molecule has 0 aliphatic heterocycles. The van der Waals surface area contributed by atoms with Crippen LogP contribution in [-0.2, 0) is 0 Å². The van der Waals surface area contributed by atoms with Crippen molar-refractivity contribution in [2.45, 2.75) is 52.0 Å². The van der Waals surface area contributed by atoms with Gasteiger partial charge in [-0.05, 0) is 32.6 Å². The van der Waals surface area contributed by atoms with Crippen molar-refractivity contribution in [2.75, 3.05) is 6.54 Å². The molecule has 0 aromatic carbocycles. The number of rotatable bonds is 6. The van der Waals surface area contributed by atoms with Crippen LogP contribution in [0.15, 0.2) is 12.4 Å². The maximum atomic E-state index is 12.6. The molecule has 2 aromatic rings. The molecule has 1 fully saturated rings. The van der Waals surface area contributed by atoms with E-state index in [1.165, 1.54) is 41.9 Å². The molecule has 26 heavy (non-hydrogen) atoms. The maximum absolute atomic E-state index is 12.6. The summed E-state index contributed by atoms with van der Waals surface area (Å²) in [7, 11) is 0. The minimum absolute atomic E-state index is 0.0665. The van der Waals surface area contributed by atoms with Gasteiger partial charge in [-0.2, -0.15) is 0 Å². The predicted molar refractivity (Wildman–Crippen MR) is 104 cm³/mol. The fourth-order valence-corrected chi connectivity index (χ4v) is 4.71. The second kappa shape index (κ2) is 8.73. The number of aryl methyl sites for hydroxylation is 2. The van der Waals surface area contributed by atoms with Crippen LogP contribution in [0.3, 0.4) is 0 Å². The monoisotopic (exact) mass is 392 g/mol. The molecule has 1 aliphatic rings. The molecule has 1 atom stereocenters. The molecule has 1 saturated carbocycles. The molecule has 2 heterocycles. The Morgan fingerprint density at radius 1 is 1.04 bits per heavy atom. The Hall–Kier alpha value is -1.80. The molecule has 8 heteroatoms. The minimum atomic E-state index is -0.126. The molecule has 2 aromatic heterocycles. The van der Waals surface area contributed by atoms with E-state index in [2.05, 4.69) is 20.6 Å². The van der Waals surface area contributed by atoms with Gasteiger partial charge in [-0.1, -0.05) is 19.3 Å². The Balaban J connectivity index is 1.64. The summed E-state index contributed by atoms with van der Waals surface area (Å²) in [5, 5.41) is 7.85. The third-order valence-electron chi connectivity index (χ3n) is 4.71. The van der Waals surface area contributed by atoms with Gasteiger partial charge in [0.2, 0.25) is 0 Å². The van der Waals surface area contributed by atoms with Crippen LogP contribution in [0.1, 0.15) is 61.5 Å². The molecule has 3 rings (SSSR count). The van der Waals surface area contributed by atoms with Crippen LogP contribution >= 0.6 is 22.7 Å². The van der Waals surface area contributed by atoms with Crippen LogP contribution in [0.25, 0.3) is 0 Å². The van der Waals surface area contributed by atoms with E-state index in [0.717, 1.165) is 22.9 Å². The topological polar surface area (TPSA) is 84.0 Å². The van der Waals surface area contributed by atoms with Crippen molar-refractivity contribution in [1.29, 1.82) is 0 Å².